The highest BCUT2D eigenvalue weighted by Gasteiger charge is 2.30. The Morgan fingerprint density at radius 2 is 1.94 bits per heavy atom. The molecule has 0 saturated carbocycles. The number of aliphatic hydroxyl groups is 1. The van der Waals surface area contributed by atoms with E-state index in [9.17, 15) is 14.3 Å². The molecule has 1 aliphatic heterocycles. The Balaban J connectivity index is 1.55. The number of carbonyl (C=O) groups excluding carboxylic acids is 1. The number of anilines is 1. The molecule has 3 aromatic heterocycles. The number of likely N-dealkylation sites (tertiary alicyclic amines) is 1. The molecule has 1 amide bonds. The van der Waals surface area contributed by atoms with Gasteiger partial charge in [0.25, 0.3) is 0 Å². The first kappa shape index (κ1) is 22.8. The van der Waals surface area contributed by atoms with Gasteiger partial charge in [0, 0.05) is 25.3 Å². The monoisotopic (exact) mass is 457 g/mol. The van der Waals surface area contributed by atoms with E-state index in [2.05, 4.69) is 25.3 Å². The minimum Gasteiger partial charge on any atom is -0.444 e. The van der Waals surface area contributed by atoms with Crippen molar-refractivity contribution < 1.29 is 19.0 Å². The molecule has 176 valence electrons. The maximum Gasteiger partial charge on any atom is 0.410 e. The highest BCUT2D eigenvalue weighted by Crippen LogP contribution is 2.25. The van der Waals surface area contributed by atoms with Gasteiger partial charge in [-0.2, -0.15) is 0 Å². The van der Waals surface area contributed by atoms with Crippen molar-refractivity contribution in [1.29, 1.82) is 0 Å². The van der Waals surface area contributed by atoms with E-state index in [1.807, 2.05) is 20.8 Å². The lowest BCUT2D eigenvalue weighted by molar-refractivity contribution is 0.0293. The minimum absolute atomic E-state index is 0.0647. The Hall–Kier alpha value is -3.34. The van der Waals surface area contributed by atoms with E-state index in [4.69, 9.17) is 4.74 Å². The Kier molecular flexibility index (Phi) is 5.69. The van der Waals surface area contributed by atoms with Crippen LogP contribution in [-0.2, 0) is 10.3 Å². The van der Waals surface area contributed by atoms with Crippen LogP contribution in [0, 0.1) is 5.82 Å². The number of ether oxygens (including phenoxy) is 1. The second kappa shape index (κ2) is 8.22. The van der Waals surface area contributed by atoms with Gasteiger partial charge in [0.1, 0.15) is 16.9 Å². The van der Waals surface area contributed by atoms with Gasteiger partial charge in [-0.1, -0.05) is 0 Å². The number of halogens is 1. The molecule has 2 N–H and O–H groups in total. The summed E-state index contributed by atoms with van der Waals surface area (Å²) < 4.78 is 21.8. The van der Waals surface area contributed by atoms with Crippen LogP contribution >= 0.6 is 0 Å². The van der Waals surface area contributed by atoms with Crippen molar-refractivity contribution in [2.45, 2.75) is 58.3 Å². The molecular weight excluding hydrogens is 429 g/mol. The highest BCUT2D eigenvalue weighted by atomic mass is 19.1. The van der Waals surface area contributed by atoms with Gasteiger partial charge in [-0.25, -0.2) is 24.1 Å². The normalized spacial score (nSPS) is 16.9. The zero-order valence-electron chi connectivity index (χ0n) is 19.3. The lowest BCUT2D eigenvalue weighted by Gasteiger charge is -2.24. The fourth-order valence-corrected chi connectivity index (χ4v) is 3.55. The summed E-state index contributed by atoms with van der Waals surface area (Å²) in [7, 11) is 0. The summed E-state index contributed by atoms with van der Waals surface area (Å²) in [4.78, 5) is 30.9. The molecule has 10 nitrogen and oxygen atoms in total. The predicted molar refractivity (Wildman–Crippen MR) is 119 cm³/mol. The topological polar surface area (TPSA) is 118 Å². The van der Waals surface area contributed by atoms with Gasteiger partial charge in [-0.15, -0.1) is 0 Å². The molecule has 0 spiro atoms. The first-order chi connectivity index (χ1) is 15.4. The Morgan fingerprint density at radius 3 is 2.64 bits per heavy atom. The predicted octanol–water partition coefficient (Wildman–Crippen LogP) is 2.97. The van der Waals surface area contributed by atoms with E-state index in [1.54, 1.807) is 29.3 Å². The molecule has 0 aliphatic carbocycles. The van der Waals surface area contributed by atoms with E-state index < -0.39 is 17.0 Å². The third-order valence-corrected chi connectivity index (χ3v) is 5.18. The summed E-state index contributed by atoms with van der Waals surface area (Å²) in [6, 6.07) is -0.0935. The molecule has 33 heavy (non-hydrogen) atoms. The molecule has 1 atom stereocenters. The van der Waals surface area contributed by atoms with Crippen LogP contribution in [-0.4, -0.2) is 65.2 Å². The van der Waals surface area contributed by atoms with Crippen molar-refractivity contribution in [1.82, 2.24) is 29.2 Å². The minimum atomic E-state index is -1.17. The van der Waals surface area contributed by atoms with Crippen molar-refractivity contribution in [3.8, 4) is 11.4 Å². The average Bonchev–Trinajstić information content (AvgIpc) is 3.34. The molecule has 0 bridgehead atoms. The number of amides is 1. The van der Waals surface area contributed by atoms with Crippen LogP contribution in [0.15, 0.2) is 24.8 Å². The summed E-state index contributed by atoms with van der Waals surface area (Å²) in [5, 5.41) is 13.5. The average molecular weight is 458 g/mol. The Bertz CT molecular complexity index is 1180. The van der Waals surface area contributed by atoms with Crippen LogP contribution in [0.5, 0.6) is 0 Å². The first-order valence-electron chi connectivity index (χ1n) is 10.7. The molecule has 1 saturated heterocycles. The number of hydrogen-bond donors (Lipinski definition) is 2. The summed E-state index contributed by atoms with van der Waals surface area (Å²) in [5.41, 5.74) is -0.358. The first-order valence-corrected chi connectivity index (χ1v) is 10.7. The second-order valence-electron chi connectivity index (χ2n) is 9.65. The van der Waals surface area contributed by atoms with Gasteiger partial charge >= 0.3 is 6.09 Å². The lowest BCUT2D eigenvalue weighted by Crippen LogP contribution is -2.36. The molecule has 4 heterocycles. The van der Waals surface area contributed by atoms with E-state index in [0.29, 0.717) is 36.5 Å². The lowest BCUT2D eigenvalue weighted by atomic mass is 10.1. The van der Waals surface area contributed by atoms with E-state index in [0.717, 1.165) is 6.20 Å². The number of hydrogen-bond acceptors (Lipinski definition) is 8. The molecular formula is C22H28FN7O3. The third-order valence-electron chi connectivity index (χ3n) is 5.18. The maximum atomic E-state index is 14.7. The standard InChI is InChI=1S/C22H28FN7O3/c1-21(2,3)33-20(31)29-7-6-13(11-29)27-19-26-8-14(23)18(28-19)15-9-25-17-10-24-16(12-30(15)17)22(4,5)32/h8-10,12-13,32H,6-7,11H2,1-5H3,(H,26,27,28). The number of aromatic nitrogens is 5. The molecule has 11 heteroatoms. The van der Waals surface area contributed by atoms with Crippen molar-refractivity contribution in [3.05, 3.63) is 36.3 Å². The zero-order valence-corrected chi connectivity index (χ0v) is 19.3. The summed E-state index contributed by atoms with van der Waals surface area (Å²) in [6.45, 7) is 9.68. The summed E-state index contributed by atoms with van der Waals surface area (Å²) in [5.74, 6) is -0.361. The van der Waals surface area contributed by atoms with Crippen molar-refractivity contribution in [3.63, 3.8) is 0 Å². The van der Waals surface area contributed by atoms with Crippen molar-refractivity contribution in [2.24, 2.45) is 0 Å². The van der Waals surface area contributed by atoms with Crippen LogP contribution in [0.4, 0.5) is 15.1 Å². The smallest absolute Gasteiger partial charge is 0.410 e. The number of imidazole rings is 1. The molecule has 3 aromatic rings. The summed E-state index contributed by atoms with van der Waals surface area (Å²) in [6.07, 6.45) is 6.05. The van der Waals surface area contributed by atoms with Gasteiger partial charge in [-0.3, -0.25) is 9.38 Å². The fraction of sp³-hybridized carbons (Fsp3) is 0.500. The van der Waals surface area contributed by atoms with Gasteiger partial charge in [0.15, 0.2) is 11.5 Å². The van der Waals surface area contributed by atoms with Crippen LogP contribution in [0.25, 0.3) is 17.0 Å². The van der Waals surface area contributed by atoms with Crippen molar-refractivity contribution in [2.75, 3.05) is 18.4 Å². The molecule has 1 fully saturated rings. The number of fused-ring (bicyclic) bond motifs is 1. The number of rotatable bonds is 4. The van der Waals surface area contributed by atoms with Gasteiger partial charge < -0.3 is 20.1 Å². The second-order valence-corrected chi connectivity index (χ2v) is 9.65. The quantitative estimate of drug-likeness (QED) is 0.614. The van der Waals surface area contributed by atoms with Gasteiger partial charge in [0.2, 0.25) is 5.95 Å². The fourth-order valence-electron chi connectivity index (χ4n) is 3.55. The number of nitrogens with zero attached hydrogens (tertiary/aromatic N) is 6. The highest BCUT2D eigenvalue weighted by molar-refractivity contribution is 5.68. The Morgan fingerprint density at radius 1 is 1.18 bits per heavy atom. The van der Waals surface area contributed by atoms with Crippen LogP contribution in [0.2, 0.25) is 0 Å². The van der Waals surface area contributed by atoms with Gasteiger partial charge in [-0.05, 0) is 41.0 Å². The van der Waals surface area contributed by atoms with Gasteiger partial charge in [0.05, 0.1) is 30.0 Å². The summed E-state index contributed by atoms with van der Waals surface area (Å²) >= 11 is 0. The number of nitrogens with one attached hydrogen (secondary N) is 1. The van der Waals surface area contributed by atoms with E-state index in [-0.39, 0.29) is 23.8 Å². The van der Waals surface area contributed by atoms with E-state index in [1.165, 1.54) is 12.4 Å². The largest absolute Gasteiger partial charge is 0.444 e. The zero-order chi connectivity index (χ0) is 24.0. The number of carbonyl (C=O) groups is 1. The molecule has 0 radical (unpaired) electrons. The molecule has 0 aromatic carbocycles. The SMILES string of the molecule is CC(C)(C)OC(=O)N1CCC(Nc2ncc(F)c(-c3cnc4cnc(C(C)(C)O)cn34)n2)C1. The Labute approximate surface area is 190 Å². The van der Waals surface area contributed by atoms with Crippen LogP contribution < -0.4 is 5.32 Å². The van der Waals surface area contributed by atoms with Crippen molar-refractivity contribution >= 4 is 17.7 Å². The molecule has 1 unspecified atom stereocenters. The van der Waals surface area contributed by atoms with Crippen LogP contribution in [0.3, 0.4) is 0 Å². The molecule has 4 rings (SSSR count). The van der Waals surface area contributed by atoms with Crippen LogP contribution in [0.1, 0.15) is 46.7 Å². The third kappa shape index (κ3) is 5.03. The van der Waals surface area contributed by atoms with E-state index >= 15 is 0 Å². The maximum absolute atomic E-state index is 14.7. The molecule has 1 aliphatic rings.